The van der Waals surface area contributed by atoms with Crippen molar-refractivity contribution in [3.8, 4) is 0 Å². The average molecular weight is 237 g/mol. The maximum atomic E-state index is 12.8. The highest BCUT2D eigenvalue weighted by Crippen LogP contribution is 2.15. The van der Waals surface area contributed by atoms with Crippen LogP contribution in [0.5, 0.6) is 0 Å². The lowest BCUT2D eigenvalue weighted by molar-refractivity contribution is 0.104. The monoisotopic (exact) mass is 237 g/mol. The maximum Gasteiger partial charge on any atom is 0.123 e. The van der Waals surface area contributed by atoms with Crippen molar-refractivity contribution in [1.82, 2.24) is 4.90 Å². The average Bonchev–Trinajstić information content (AvgIpc) is 2.39. The SMILES string of the molecule is OCC(Cc1ccc(F)cc1)N1CCCCC1. The van der Waals surface area contributed by atoms with Gasteiger partial charge in [0.2, 0.25) is 0 Å². The Bertz CT molecular complexity index is 333. The molecule has 94 valence electrons. The van der Waals surface area contributed by atoms with Crippen LogP contribution in [0.15, 0.2) is 24.3 Å². The second kappa shape index (κ2) is 6.12. The van der Waals surface area contributed by atoms with Crippen molar-refractivity contribution in [2.24, 2.45) is 0 Å². The van der Waals surface area contributed by atoms with Gasteiger partial charge in [-0.1, -0.05) is 18.6 Å². The minimum atomic E-state index is -0.202. The summed E-state index contributed by atoms with van der Waals surface area (Å²) in [4.78, 5) is 2.35. The van der Waals surface area contributed by atoms with E-state index in [4.69, 9.17) is 0 Å². The van der Waals surface area contributed by atoms with E-state index in [1.807, 2.05) is 12.1 Å². The first-order chi connectivity index (χ1) is 8.29. The highest BCUT2D eigenvalue weighted by molar-refractivity contribution is 5.17. The Balaban J connectivity index is 1.96. The fourth-order valence-corrected chi connectivity index (χ4v) is 2.49. The number of hydrogen-bond donors (Lipinski definition) is 1. The topological polar surface area (TPSA) is 23.5 Å². The highest BCUT2D eigenvalue weighted by atomic mass is 19.1. The zero-order chi connectivity index (χ0) is 12.1. The van der Waals surface area contributed by atoms with E-state index in [-0.39, 0.29) is 18.5 Å². The van der Waals surface area contributed by atoms with Crippen molar-refractivity contribution in [3.05, 3.63) is 35.6 Å². The summed E-state index contributed by atoms with van der Waals surface area (Å²) < 4.78 is 12.8. The number of halogens is 1. The van der Waals surface area contributed by atoms with Crippen molar-refractivity contribution in [3.63, 3.8) is 0 Å². The molecule has 1 saturated heterocycles. The molecule has 17 heavy (non-hydrogen) atoms. The smallest absolute Gasteiger partial charge is 0.123 e. The second-order valence-electron chi connectivity index (χ2n) is 4.76. The Morgan fingerprint density at radius 1 is 1.12 bits per heavy atom. The van der Waals surface area contributed by atoms with Gasteiger partial charge in [-0.25, -0.2) is 4.39 Å². The Morgan fingerprint density at radius 2 is 1.76 bits per heavy atom. The van der Waals surface area contributed by atoms with Gasteiger partial charge in [0.1, 0.15) is 5.82 Å². The minimum absolute atomic E-state index is 0.178. The number of piperidine rings is 1. The zero-order valence-electron chi connectivity index (χ0n) is 10.1. The van der Waals surface area contributed by atoms with Crippen LogP contribution < -0.4 is 0 Å². The van der Waals surface area contributed by atoms with Gasteiger partial charge in [0.05, 0.1) is 6.61 Å². The summed E-state index contributed by atoms with van der Waals surface area (Å²) in [6.07, 6.45) is 4.54. The molecule has 1 aliphatic heterocycles. The molecule has 1 aromatic rings. The van der Waals surface area contributed by atoms with Gasteiger partial charge >= 0.3 is 0 Å². The quantitative estimate of drug-likeness (QED) is 0.868. The Labute approximate surface area is 102 Å². The van der Waals surface area contributed by atoms with Crippen LogP contribution in [0.25, 0.3) is 0 Å². The lowest BCUT2D eigenvalue weighted by Crippen LogP contribution is -2.42. The fourth-order valence-electron chi connectivity index (χ4n) is 2.49. The van der Waals surface area contributed by atoms with E-state index in [1.54, 1.807) is 0 Å². The summed E-state index contributed by atoms with van der Waals surface area (Å²) in [5.41, 5.74) is 1.09. The summed E-state index contributed by atoms with van der Waals surface area (Å²) in [5, 5.41) is 9.48. The molecule has 0 saturated carbocycles. The van der Waals surface area contributed by atoms with Gasteiger partial charge in [0.15, 0.2) is 0 Å². The Hall–Kier alpha value is -0.930. The van der Waals surface area contributed by atoms with Crippen molar-refractivity contribution >= 4 is 0 Å². The fraction of sp³-hybridized carbons (Fsp3) is 0.571. The molecule has 3 heteroatoms. The molecule has 0 bridgehead atoms. The third-order valence-corrected chi connectivity index (χ3v) is 3.50. The molecular weight excluding hydrogens is 217 g/mol. The van der Waals surface area contributed by atoms with Crippen LogP contribution in [0.4, 0.5) is 4.39 Å². The molecule has 1 fully saturated rings. The second-order valence-corrected chi connectivity index (χ2v) is 4.76. The van der Waals surface area contributed by atoms with E-state index in [9.17, 15) is 9.50 Å². The van der Waals surface area contributed by atoms with Gasteiger partial charge < -0.3 is 5.11 Å². The van der Waals surface area contributed by atoms with Crippen LogP contribution >= 0.6 is 0 Å². The lowest BCUT2D eigenvalue weighted by atomic mass is 10.0. The molecular formula is C14H20FNO. The number of nitrogens with zero attached hydrogens (tertiary/aromatic N) is 1. The van der Waals surface area contributed by atoms with E-state index in [2.05, 4.69) is 4.90 Å². The molecule has 1 heterocycles. The minimum Gasteiger partial charge on any atom is -0.395 e. The summed E-state index contributed by atoms with van der Waals surface area (Å²) in [7, 11) is 0. The normalized spacial score (nSPS) is 19.2. The van der Waals surface area contributed by atoms with E-state index in [0.717, 1.165) is 25.1 Å². The molecule has 1 N–H and O–H groups in total. The molecule has 0 radical (unpaired) electrons. The first kappa shape index (κ1) is 12.5. The number of benzene rings is 1. The number of aliphatic hydroxyl groups is 1. The molecule has 1 aliphatic rings. The van der Waals surface area contributed by atoms with Gasteiger partial charge in [-0.2, -0.15) is 0 Å². The van der Waals surface area contributed by atoms with Gasteiger partial charge in [-0.15, -0.1) is 0 Å². The van der Waals surface area contributed by atoms with Crippen molar-refractivity contribution < 1.29 is 9.50 Å². The molecule has 2 rings (SSSR count). The standard InChI is InChI=1S/C14H20FNO/c15-13-6-4-12(5-7-13)10-14(11-17)16-8-2-1-3-9-16/h4-7,14,17H,1-3,8-11H2. The zero-order valence-corrected chi connectivity index (χ0v) is 10.1. The molecule has 0 spiro atoms. The number of likely N-dealkylation sites (tertiary alicyclic amines) is 1. The highest BCUT2D eigenvalue weighted by Gasteiger charge is 2.19. The van der Waals surface area contributed by atoms with Gasteiger partial charge in [-0.05, 0) is 50.0 Å². The third kappa shape index (κ3) is 3.51. The predicted molar refractivity (Wildman–Crippen MR) is 66.4 cm³/mol. The Kier molecular flexibility index (Phi) is 4.51. The first-order valence-electron chi connectivity index (χ1n) is 6.39. The molecule has 0 aliphatic carbocycles. The van der Waals surface area contributed by atoms with E-state index < -0.39 is 0 Å². The van der Waals surface area contributed by atoms with Crippen molar-refractivity contribution in [2.75, 3.05) is 19.7 Å². The van der Waals surface area contributed by atoms with Gasteiger partial charge in [0.25, 0.3) is 0 Å². The molecule has 1 unspecified atom stereocenters. The van der Waals surface area contributed by atoms with Gasteiger partial charge in [0, 0.05) is 6.04 Å². The predicted octanol–water partition coefficient (Wildman–Crippen LogP) is 2.21. The van der Waals surface area contributed by atoms with Crippen LogP contribution in [-0.4, -0.2) is 35.7 Å². The van der Waals surface area contributed by atoms with Crippen LogP contribution in [-0.2, 0) is 6.42 Å². The van der Waals surface area contributed by atoms with E-state index >= 15 is 0 Å². The third-order valence-electron chi connectivity index (χ3n) is 3.50. The molecule has 1 atom stereocenters. The summed E-state index contributed by atoms with van der Waals surface area (Å²) in [5.74, 6) is -0.202. The van der Waals surface area contributed by atoms with Crippen molar-refractivity contribution in [2.45, 2.75) is 31.7 Å². The number of aliphatic hydroxyl groups excluding tert-OH is 1. The largest absolute Gasteiger partial charge is 0.395 e. The first-order valence-corrected chi connectivity index (χ1v) is 6.39. The lowest BCUT2D eigenvalue weighted by Gasteiger charge is -2.33. The number of rotatable bonds is 4. The van der Waals surface area contributed by atoms with E-state index in [0.29, 0.717) is 0 Å². The molecule has 1 aromatic carbocycles. The summed E-state index contributed by atoms with van der Waals surface area (Å²) in [6, 6.07) is 6.77. The van der Waals surface area contributed by atoms with Gasteiger partial charge in [-0.3, -0.25) is 4.90 Å². The van der Waals surface area contributed by atoms with Crippen LogP contribution in [0.1, 0.15) is 24.8 Å². The summed E-state index contributed by atoms with van der Waals surface area (Å²) in [6.45, 7) is 2.33. The maximum absolute atomic E-state index is 12.8. The van der Waals surface area contributed by atoms with Crippen LogP contribution in [0.2, 0.25) is 0 Å². The Morgan fingerprint density at radius 3 is 2.35 bits per heavy atom. The molecule has 2 nitrogen and oxygen atoms in total. The van der Waals surface area contributed by atoms with Crippen LogP contribution in [0.3, 0.4) is 0 Å². The van der Waals surface area contributed by atoms with Crippen LogP contribution in [0, 0.1) is 5.82 Å². The van der Waals surface area contributed by atoms with Crippen molar-refractivity contribution in [1.29, 1.82) is 0 Å². The van der Waals surface area contributed by atoms with E-state index in [1.165, 1.54) is 31.4 Å². The summed E-state index contributed by atoms with van der Waals surface area (Å²) >= 11 is 0. The molecule has 0 aromatic heterocycles. The number of hydrogen-bond acceptors (Lipinski definition) is 2. The molecule has 0 amide bonds.